The van der Waals surface area contributed by atoms with Gasteiger partial charge in [0.1, 0.15) is 5.60 Å². The van der Waals surface area contributed by atoms with Crippen molar-refractivity contribution in [3.8, 4) is 0 Å². The molecular weight excluding hydrogens is 254 g/mol. The van der Waals surface area contributed by atoms with Gasteiger partial charge in [-0.1, -0.05) is 12.1 Å². The Kier molecular flexibility index (Phi) is 5.31. The summed E-state index contributed by atoms with van der Waals surface area (Å²) < 4.78 is 5.29. The van der Waals surface area contributed by atoms with Gasteiger partial charge in [-0.25, -0.2) is 4.79 Å². The van der Waals surface area contributed by atoms with Gasteiger partial charge in [-0.05, 0) is 44.9 Å². The van der Waals surface area contributed by atoms with Gasteiger partial charge in [0.2, 0.25) is 5.91 Å². The molecule has 110 valence electrons. The molecule has 0 atom stereocenters. The summed E-state index contributed by atoms with van der Waals surface area (Å²) in [7, 11) is 3.49. The minimum Gasteiger partial charge on any atom is -0.456 e. The number of carbonyl (C=O) groups excluding carboxylic acids is 2. The number of hydrogen-bond donors (Lipinski definition) is 0. The lowest BCUT2D eigenvalue weighted by molar-refractivity contribution is -0.128. The normalized spacial score (nSPS) is 11.1. The standard InChI is InChI=1S/C16H23NO3/c1-16(2,3)20-15(19)13-9-6-12(7-10-13)8-11-14(18)17(4)5/h6-7,9-10H,8,11H2,1-5H3. The summed E-state index contributed by atoms with van der Waals surface area (Å²) in [6, 6.07) is 7.21. The summed E-state index contributed by atoms with van der Waals surface area (Å²) >= 11 is 0. The molecule has 0 aliphatic rings. The van der Waals surface area contributed by atoms with Crippen molar-refractivity contribution in [2.24, 2.45) is 0 Å². The molecule has 0 heterocycles. The van der Waals surface area contributed by atoms with Crippen molar-refractivity contribution in [1.82, 2.24) is 4.90 Å². The maximum Gasteiger partial charge on any atom is 0.338 e. The van der Waals surface area contributed by atoms with Gasteiger partial charge in [-0.3, -0.25) is 4.79 Å². The number of nitrogens with zero attached hydrogens (tertiary/aromatic N) is 1. The van der Waals surface area contributed by atoms with Gasteiger partial charge in [0.15, 0.2) is 0 Å². The molecule has 1 amide bonds. The van der Waals surface area contributed by atoms with Gasteiger partial charge >= 0.3 is 5.97 Å². The van der Waals surface area contributed by atoms with Crippen LogP contribution in [0.2, 0.25) is 0 Å². The molecular formula is C16H23NO3. The van der Waals surface area contributed by atoms with E-state index >= 15 is 0 Å². The van der Waals surface area contributed by atoms with Crippen LogP contribution in [0.5, 0.6) is 0 Å². The summed E-state index contributed by atoms with van der Waals surface area (Å²) in [5, 5.41) is 0. The zero-order chi connectivity index (χ0) is 15.3. The SMILES string of the molecule is CN(C)C(=O)CCc1ccc(C(=O)OC(C)(C)C)cc1. The highest BCUT2D eigenvalue weighted by Gasteiger charge is 2.17. The van der Waals surface area contributed by atoms with Gasteiger partial charge in [-0.15, -0.1) is 0 Å². The molecule has 0 saturated carbocycles. The average Bonchev–Trinajstić information content (AvgIpc) is 2.34. The van der Waals surface area contributed by atoms with E-state index in [4.69, 9.17) is 4.74 Å². The molecule has 1 rings (SSSR count). The molecule has 4 heteroatoms. The Labute approximate surface area is 120 Å². The average molecular weight is 277 g/mol. The van der Waals surface area contributed by atoms with Crippen molar-refractivity contribution in [3.05, 3.63) is 35.4 Å². The molecule has 0 bridgehead atoms. The van der Waals surface area contributed by atoms with Crippen LogP contribution in [0.1, 0.15) is 43.1 Å². The quantitative estimate of drug-likeness (QED) is 0.795. The first-order chi connectivity index (χ1) is 9.19. The lowest BCUT2D eigenvalue weighted by atomic mass is 10.1. The Bertz CT molecular complexity index is 469. The fourth-order valence-corrected chi connectivity index (χ4v) is 1.62. The number of rotatable bonds is 4. The van der Waals surface area contributed by atoms with E-state index in [0.717, 1.165) is 5.56 Å². The highest BCUT2D eigenvalue weighted by molar-refractivity contribution is 5.89. The Morgan fingerprint density at radius 1 is 1.10 bits per heavy atom. The van der Waals surface area contributed by atoms with Crippen LogP contribution in [0.15, 0.2) is 24.3 Å². The second-order valence-corrected chi connectivity index (χ2v) is 5.99. The van der Waals surface area contributed by atoms with Crippen molar-refractivity contribution >= 4 is 11.9 Å². The van der Waals surface area contributed by atoms with E-state index in [0.29, 0.717) is 18.4 Å². The molecule has 0 aliphatic carbocycles. The topological polar surface area (TPSA) is 46.6 Å². The number of esters is 1. The lowest BCUT2D eigenvalue weighted by Gasteiger charge is -2.19. The van der Waals surface area contributed by atoms with Crippen molar-refractivity contribution < 1.29 is 14.3 Å². The van der Waals surface area contributed by atoms with E-state index in [1.807, 2.05) is 32.9 Å². The third-order valence-corrected chi connectivity index (χ3v) is 2.71. The largest absolute Gasteiger partial charge is 0.456 e. The third-order valence-electron chi connectivity index (χ3n) is 2.71. The van der Waals surface area contributed by atoms with E-state index in [9.17, 15) is 9.59 Å². The highest BCUT2D eigenvalue weighted by Crippen LogP contribution is 2.13. The van der Waals surface area contributed by atoms with Gasteiger partial charge in [0.25, 0.3) is 0 Å². The van der Waals surface area contributed by atoms with Crippen molar-refractivity contribution in [1.29, 1.82) is 0 Å². The molecule has 0 N–H and O–H groups in total. The molecule has 0 fully saturated rings. The summed E-state index contributed by atoms with van der Waals surface area (Å²) in [5.74, 6) is -0.227. The first kappa shape index (κ1) is 16.2. The minimum absolute atomic E-state index is 0.0984. The smallest absolute Gasteiger partial charge is 0.338 e. The molecule has 0 unspecified atom stereocenters. The maximum atomic E-state index is 11.8. The number of benzene rings is 1. The Hall–Kier alpha value is -1.84. The van der Waals surface area contributed by atoms with Crippen LogP contribution in [0.3, 0.4) is 0 Å². The van der Waals surface area contributed by atoms with Crippen LogP contribution >= 0.6 is 0 Å². The molecule has 0 radical (unpaired) electrons. The van der Waals surface area contributed by atoms with Crippen LogP contribution < -0.4 is 0 Å². The molecule has 0 spiro atoms. The Balaban J connectivity index is 2.60. The lowest BCUT2D eigenvalue weighted by Crippen LogP contribution is -2.23. The summed E-state index contributed by atoms with van der Waals surface area (Å²) in [5.41, 5.74) is 1.07. The fraction of sp³-hybridized carbons (Fsp3) is 0.500. The Morgan fingerprint density at radius 3 is 2.10 bits per heavy atom. The van der Waals surface area contributed by atoms with Gasteiger partial charge in [-0.2, -0.15) is 0 Å². The van der Waals surface area contributed by atoms with Crippen molar-refractivity contribution in [2.75, 3.05) is 14.1 Å². The summed E-state index contributed by atoms with van der Waals surface area (Å²) in [6.07, 6.45) is 1.14. The monoisotopic (exact) mass is 277 g/mol. The molecule has 20 heavy (non-hydrogen) atoms. The second-order valence-electron chi connectivity index (χ2n) is 5.99. The number of amides is 1. The molecule has 0 aromatic heterocycles. The second kappa shape index (κ2) is 6.55. The zero-order valence-corrected chi connectivity index (χ0v) is 12.9. The van der Waals surface area contributed by atoms with Crippen LogP contribution in [-0.2, 0) is 16.0 Å². The molecule has 1 aromatic rings. The first-order valence-corrected chi connectivity index (χ1v) is 6.71. The molecule has 4 nitrogen and oxygen atoms in total. The molecule has 1 aromatic carbocycles. The van der Waals surface area contributed by atoms with Gasteiger partial charge < -0.3 is 9.64 Å². The summed E-state index contributed by atoms with van der Waals surface area (Å²) in [4.78, 5) is 24.9. The van der Waals surface area contributed by atoms with Crippen LogP contribution in [0.4, 0.5) is 0 Å². The third kappa shape index (κ3) is 5.43. The minimum atomic E-state index is -0.492. The number of carbonyl (C=O) groups is 2. The predicted octanol–water partition coefficient (Wildman–Crippen LogP) is 2.66. The number of hydrogen-bond acceptors (Lipinski definition) is 3. The highest BCUT2D eigenvalue weighted by atomic mass is 16.6. The van der Waals surface area contributed by atoms with E-state index in [-0.39, 0.29) is 11.9 Å². The van der Waals surface area contributed by atoms with Crippen molar-refractivity contribution in [3.63, 3.8) is 0 Å². The molecule has 0 aliphatic heterocycles. The van der Waals surface area contributed by atoms with Crippen LogP contribution in [0.25, 0.3) is 0 Å². The number of aryl methyl sites for hydroxylation is 1. The van der Waals surface area contributed by atoms with Crippen molar-refractivity contribution in [2.45, 2.75) is 39.2 Å². The van der Waals surface area contributed by atoms with E-state index < -0.39 is 5.60 Å². The predicted molar refractivity (Wildman–Crippen MR) is 78.6 cm³/mol. The van der Waals surface area contributed by atoms with Crippen LogP contribution in [0, 0.1) is 0 Å². The van der Waals surface area contributed by atoms with Gasteiger partial charge in [0, 0.05) is 20.5 Å². The number of ether oxygens (including phenoxy) is 1. The molecule has 0 saturated heterocycles. The maximum absolute atomic E-state index is 11.8. The van der Waals surface area contributed by atoms with Crippen LogP contribution in [-0.4, -0.2) is 36.5 Å². The van der Waals surface area contributed by atoms with Gasteiger partial charge in [0.05, 0.1) is 5.56 Å². The fourth-order valence-electron chi connectivity index (χ4n) is 1.62. The van der Waals surface area contributed by atoms with E-state index in [1.165, 1.54) is 0 Å². The Morgan fingerprint density at radius 2 is 1.65 bits per heavy atom. The van der Waals surface area contributed by atoms with E-state index in [1.54, 1.807) is 31.1 Å². The zero-order valence-electron chi connectivity index (χ0n) is 12.9. The summed E-state index contributed by atoms with van der Waals surface area (Å²) in [6.45, 7) is 5.52. The van der Waals surface area contributed by atoms with E-state index in [2.05, 4.69) is 0 Å². The first-order valence-electron chi connectivity index (χ1n) is 6.71.